The van der Waals surface area contributed by atoms with Crippen LogP contribution < -0.4 is 10.1 Å². The molecule has 8 heteroatoms. The minimum absolute atomic E-state index is 0.200. The Labute approximate surface area is 199 Å². The first-order chi connectivity index (χ1) is 16.6. The van der Waals surface area contributed by atoms with Gasteiger partial charge in [0.15, 0.2) is 6.29 Å². The Morgan fingerprint density at radius 2 is 1.94 bits per heavy atom. The Kier molecular flexibility index (Phi) is 5.93. The lowest BCUT2D eigenvalue weighted by atomic mass is 10.2. The number of ether oxygens (including phenoxy) is 1. The third-order valence-corrected chi connectivity index (χ3v) is 5.57. The molecule has 0 aliphatic rings. The highest BCUT2D eigenvalue weighted by Gasteiger charge is 2.10. The maximum absolute atomic E-state index is 13.4. The molecule has 0 aliphatic heterocycles. The molecule has 2 heterocycles. The molecule has 0 spiro atoms. The van der Waals surface area contributed by atoms with Gasteiger partial charge in [-0.3, -0.25) is 4.79 Å². The van der Waals surface area contributed by atoms with Gasteiger partial charge < -0.3 is 14.6 Å². The second-order valence-electron chi connectivity index (χ2n) is 7.53. The molecule has 168 valence electrons. The smallest absolute Gasteiger partial charge is 0.166 e. The molecule has 1 N–H and O–H groups in total. The third kappa shape index (κ3) is 4.46. The first kappa shape index (κ1) is 21.6. The van der Waals surface area contributed by atoms with Crippen molar-refractivity contribution >= 4 is 40.3 Å². The van der Waals surface area contributed by atoms with Gasteiger partial charge in [-0.05, 0) is 66.2 Å². The molecular weight excluding hydrogens is 455 g/mol. The zero-order valence-corrected chi connectivity index (χ0v) is 18.5. The fourth-order valence-corrected chi connectivity index (χ4v) is 3.87. The molecule has 0 amide bonds. The van der Waals surface area contributed by atoms with Crippen molar-refractivity contribution in [3.63, 3.8) is 0 Å². The lowest BCUT2D eigenvalue weighted by molar-refractivity contribution is 0.111. The van der Waals surface area contributed by atoms with E-state index in [1.54, 1.807) is 34.9 Å². The van der Waals surface area contributed by atoms with Crippen molar-refractivity contribution in [2.24, 2.45) is 0 Å². The fourth-order valence-electron chi connectivity index (χ4n) is 3.64. The average Bonchev–Trinajstić information content (AvgIpc) is 3.33. The third-order valence-electron chi connectivity index (χ3n) is 5.28. The molecule has 5 rings (SSSR count). The maximum Gasteiger partial charge on any atom is 0.166 e. The maximum atomic E-state index is 13.4. The first-order valence-electron chi connectivity index (χ1n) is 10.4. The predicted molar refractivity (Wildman–Crippen MR) is 130 cm³/mol. The number of nitrogens with zero attached hydrogens (tertiary/aromatic N) is 3. The van der Waals surface area contributed by atoms with Crippen LogP contribution in [0.2, 0.25) is 5.02 Å². The summed E-state index contributed by atoms with van der Waals surface area (Å²) in [4.78, 5) is 20.1. The largest absolute Gasteiger partial charge is 0.487 e. The van der Waals surface area contributed by atoms with Crippen LogP contribution in [0.1, 0.15) is 16.1 Å². The van der Waals surface area contributed by atoms with Crippen LogP contribution >= 0.6 is 11.6 Å². The number of fused-ring (bicyclic) bond motifs is 1. The quantitative estimate of drug-likeness (QED) is 0.279. The topological polar surface area (TPSA) is 69.0 Å². The van der Waals surface area contributed by atoms with Crippen molar-refractivity contribution in [2.75, 3.05) is 5.32 Å². The van der Waals surface area contributed by atoms with Crippen molar-refractivity contribution in [1.29, 1.82) is 0 Å². The first-order valence-corrected chi connectivity index (χ1v) is 10.8. The van der Waals surface area contributed by atoms with Crippen molar-refractivity contribution in [3.8, 4) is 11.4 Å². The van der Waals surface area contributed by atoms with Crippen LogP contribution in [-0.4, -0.2) is 20.8 Å². The van der Waals surface area contributed by atoms with Gasteiger partial charge in [0.05, 0.1) is 16.2 Å². The molecule has 0 fully saturated rings. The van der Waals surface area contributed by atoms with E-state index >= 15 is 0 Å². The van der Waals surface area contributed by atoms with E-state index in [1.807, 2.05) is 36.5 Å². The normalized spacial score (nSPS) is 10.9. The van der Waals surface area contributed by atoms with Crippen LogP contribution in [0.5, 0.6) is 5.75 Å². The summed E-state index contributed by atoms with van der Waals surface area (Å²) in [6.45, 7) is 0.200. The molecule has 0 saturated carbocycles. The molecule has 2 aromatic heterocycles. The highest BCUT2D eigenvalue weighted by atomic mass is 35.5. The van der Waals surface area contributed by atoms with E-state index in [1.165, 1.54) is 18.5 Å². The van der Waals surface area contributed by atoms with Crippen LogP contribution in [0.25, 0.3) is 16.6 Å². The van der Waals surface area contributed by atoms with E-state index < -0.39 is 0 Å². The summed E-state index contributed by atoms with van der Waals surface area (Å²) in [6, 6.07) is 20.8. The lowest BCUT2D eigenvalue weighted by Gasteiger charge is -2.13. The van der Waals surface area contributed by atoms with Gasteiger partial charge in [0.2, 0.25) is 0 Å². The Morgan fingerprint density at radius 1 is 1.03 bits per heavy atom. The summed E-state index contributed by atoms with van der Waals surface area (Å²) in [7, 11) is 0. The molecule has 0 radical (unpaired) electrons. The molecule has 34 heavy (non-hydrogen) atoms. The lowest BCUT2D eigenvalue weighted by Crippen LogP contribution is -2.00. The number of aromatic nitrogens is 3. The monoisotopic (exact) mass is 472 g/mol. The van der Waals surface area contributed by atoms with E-state index in [9.17, 15) is 9.18 Å². The summed E-state index contributed by atoms with van der Waals surface area (Å²) >= 11 is 6.43. The number of carbonyl (C=O) groups excluding carboxylic acids is 1. The summed E-state index contributed by atoms with van der Waals surface area (Å²) in [5.41, 5.74) is 3.54. The number of anilines is 2. The van der Waals surface area contributed by atoms with Gasteiger partial charge in [-0.15, -0.1) is 0 Å². The second-order valence-corrected chi connectivity index (χ2v) is 7.94. The molecule has 6 nitrogen and oxygen atoms in total. The number of hydrogen-bond donors (Lipinski definition) is 1. The second kappa shape index (κ2) is 9.33. The highest BCUT2D eigenvalue weighted by molar-refractivity contribution is 6.32. The van der Waals surface area contributed by atoms with Gasteiger partial charge in [-0.1, -0.05) is 23.7 Å². The van der Waals surface area contributed by atoms with Crippen LogP contribution in [0.4, 0.5) is 15.9 Å². The standard InChI is InChI=1S/C26H18ClFN4O2/c27-23-12-19(6-9-25(23)34-15-17-3-1-4-18(28)11-17)31-26-22-13-20(7-8-24(22)29-16-30-26)32-10-2-5-21(32)14-33/h1-14,16H,15H2,(H,29,30,31). The van der Waals surface area contributed by atoms with Crippen LogP contribution in [-0.2, 0) is 6.61 Å². The number of halogens is 2. The Morgan fingerprint density at radius 3 is 2.76 bits per heavy atom. The van der Waals surface area contributed by atoms with Crippen molar-refractivity contribution in [3.05, 3.63) is 107 Å². The summed E-state index contributed by atoms with van der Waals surface area (Å²) in [6.07, 6.45) is 4.11. The van der Waals surface area contributed by atoms with E-state index in [4.69, 9.17) is 16.3 Å². The molecular formula is C26H18ClFN4O2. The van der Waals surface area contributed by atoms with Crippen LogP contribution in [0.15, 0.2) is 85.3 Å². The fraction of sp³-hybridized carbons (Fsp3) is 0.0385. The Balaban J connectivity index is 1.39. The molecule has 0 atom stereocenters. The van der Waals surface area contributed by atoms with Crippen LogP contribution in [0.3, 0.4) is 0 Å². The molecule has 0 bridgehead atoms. The number of hydrogen-bond acceptors (Lipinski definition) is 5. The molecule has 3 aromatic carbocycles. The van der Waals surface area contributed by atoms with Gasteiger partial charge in [0, 0.05) is 23.0 Å². The predicted octanol–water partition coefficient (Wildman–Crippen LogP) is 6.35. The Hall–Kier alpha value is -4.23. The summed E-state index contributed by atoms with van der Waals surface area (Å²) in [5, 5.41) is 4.47. The molecule has 0 aliphatic carbocycles. The number of aldehydes is 1. The van der Waals surface area contributed by atoms with E-state index in [0.29, 0.717) is 33.5 Å². The Bertz CT molecular complexity index is 1500. The number of rotatable bonds is 7. The van der Waals surface area contributed by atoms with Gasteiger partial charge in [-0.2, -0.15) is 0 Å². The van der Waals surface area contributed by atoms with Crippen molar-refractivity contribution in [2.45, 2.75) is 6.61 Å². The zero-order valence-electron chi connectivity index (χ0n) is 17.8. The van der Waals surface area contributed by atoms with E-state index in [-0.39, 0.29) is 12.4 Å². The van der Waals surface area contributed by atoms with E-state index in [0.717, 1.165) is 22.9 Å². The van der Waals surface area contributed by atoms with E-state index in [2.05, 4.69) is 15.3 Å². The van der Waals surface area contributed by atoms with Crippen molar-refractivity contribution < 1.29 is 13.9 Å². The summed E-state index contributed by atoms with van der Waals surface area (Å²) < 4.78 is 20.9. The number of carbonyl (C=O) groups is 1. The number of benzene rings is 3. The minimum atomic E-state index is -0.314. The number of nitrogens with one attached hydrogen (secondary N) is 1. The average molecular weight is 473 g/mol. The minimum Gasteiger partial charge on any atom is -0.487 e. The highest BCUT2D eigenvalue weighted by Crippen LogP contribution is 2.31. The zero-order chi connectivity index (χ0) is 23.5. The SMILES string of the molecule is O=Cc1cccn1-c1ccc2ncnc(Nc3ccc(OCc4cccc(F)c4)c(Cl)c3)c2c1. The van der Waals surface area contributed by atoms with Crippen LogP contribution in [0, 0.1) is 5.82 Å². The summed E-state index contributed by atoms with van der Waals surface area (Å²) in [5.74, 6) is 0.766. The van der Waals surface area contributed by atoms with Gasteiger partial charge in [-0.25, -0.2) is 14.4 Å². The van der Waals surface area contributed by atoms with Crippen molar-refractivity contribution in [1.82, 2.24) is 14.5 Å². The van der Waals surface area contributed by atoms with Gasteiger partial charge in [0.25, 0.3) is 0 Å². The molecule has 0 unspecified atom stereocenters. The van der Waals surface area contributed by atoms with Gasteiger partial charge >= 0.3 is 0 Å². The molecule has 5 aromatic rings. The van der Waals surface area contributed by atoms with Gasteiger partial charge in [0.1, 0.15) is 30.3 Å². The molecule has 0 saturated heterocycles.